The summed E-state index contributed by atoms with van der Waals surface area (Å²) >= 11 is 0. The van der Waals surface area contributed by atoms with E-state index in [1.165, 1.54) is 11.6 Å². The molecule has 0 atom stereocenters. The predicted octanol–water partition coefficient (Wildman–Crippen LogP) is 2.35. The summed E-state index contributed by atoms with van der Waals surface area (Å²) in [5.74, 6) is -0.872. The number of hydrogen-bond acceptors (Lipinski definition) is 4. The second-order valence-corrected chi connectivity index (χ2v) is 7.09. The van der Waals surface area contributed by atoms with E-state index in [4.69, 9.17) is 5.11 Å². The van der Waals surface area contributed by atoms with E-state index in [0.717, 1.165) is 12.8 Å². The minimum absolute atomic E-state index is 0. The third kappa shape index (κ3) is 18.1. The van der Waals surface area contributed by atoms with Crippen molar-refractivity contribution in [2.24, 2.45) is 0 Å². The van der Waals surface area contributed by atoms with Crippen LogP contribution in [0.15, 0.2) is 84.8 Å². The molecule has 156 valence electrons. The zero-order valence-electron chi connectivity index (χ0n) is 17.5. The first-order valence-electron chi connectivity index (χ1n) is 8.97. The van der Waals surface area contributed by atoms with Crippen LogP contribution in [0.1, 0.15) is 37.3 Å². The van der Waals surface area contributed by atoms with Crippen LogP contribution in [-0.2, 0) is 14.9 Å². The predicted molar refractivity (Wildman–Crippen MR) is 118 cm³/mol. The quantitative estimate of drug-likeness (QED) is 0.407. The Morgan fingerprint density at radius 2 is 1.50 bits per heavy atom. The Balaban J connectivity index is 0. The Bertz CT molecular complexity index is 876. The van der Waals surface area contributed by atoms with Crippen LogP contribution in [0.4, 0.5) is 0 Å². The van der Waals surface area contributed by atoms with Gasteiger partial charge in [-0.05, 0) is 30.0 Å². The smallest absolute Gasteiger partial charge is 0.744 e. The molecule has 0 saturated carbocycles. The van der Waals surface area contributed by atoms with Gasteiger partial charge in [-0.25, -0.2) is 13.2 Å². The van der Waals surface area contributed by atoms with E-state index in [9.17, 15) is 17.8 Å². The van der Waals surface area contributed by atoms with Crippen molar-refractivity contribution >= 4 is 28.2 Å². The molecule has 0 amide bonds. The zero-order valence-corrected chi connectivity index (χ0v) is 20.3. The van der Waals surface area contributed by atoms with Gasteiger partial charge >= 0.3 is 35.5 Å². The Morgan fingerprint density at radius 1 is 1.03 bits per heavy atom. The van der Waals surface area contributed by atoms with E-state index in [1.54, 1.807) is 24.3 Å². The van der Waals surface area contributed by atoms with Crippen LogP contribution in [0.2, 0.25) is 0 Å². The Kier molecular flexibility index (Phi) is 18.0. The second kappa shape index (κ2) is 17.9. The molecule has 0 aliphatic heterocycles. The van der Waals surface area contributed by atoms with Crippen LogP contribution in [0.5, 0.6) is 0 Å². The maximum Gasteiger partial charge on any atom is 1.00 e. The van der Waals surface area contributed by atoms with Crippen molar-refractivity contribution < 1.29 is 52.4 Å². The molecule has 0 heterocycles. The SMILES string of the molecule is C=C(CCCC)C(=O)O.C=Cc1ccccc1.O=S(=O)([O-])C=Cc1ccccc1.[Na+]. The molecule has 0 radical (unpaired) electrons. The zero-order chi connectivity index (χ0) is 22.1. The summed E-state index contributed by atoms with van der Waals surface area (Å²) in [5, 5.41) is 8.95. The van der Waals surface area contributed by atoms with Gasteiger partial charge in [0.05, 0.1) is 0 Å². The third-order valence-corrected chi connectivity index (χ3v) is 3.87. The number of benzene rings is 2. The van der Waals surface area contributed by atoms with Gasteiger partial charge in [0.1, 0.15) is 10.1 Å². The molecule has 2 aromatic rings. The van der Waals surface area contributed by atoms with Crippen LogP contribution in [0.25, 0.3) is 12.2 Å². The first-order chi connectivity index (χ1) is 13.7. The molecule has 0 saturated heterocycles. The molecule has 1 N–H and O–H groups in total. The molecule has 0 unspecified atom stereocenters. The Hall–Kier alpha value is -1.96. The van der Waals surface area contributed by atoms with Crippen molar-refractivity contribution in [3.05, 3.63) is 95.9 Å². The maximum absolute atomic E-state index is 10.2. The van der Waals surface area contributed by atoms with Crippen LogP contribution < -0.4 is 29.6 Å². The van der Waals surface area contributed by atoms with Gasteiger partial charge in [-0.3, -0.25) is 0 Å². The van der Waals surface area contributed by atoms with Gasteiger partial charge in [0.2, 0.25) is 0 Å². The number of carboxylic acid groups (broad SMARTS) is 1. The maximum atomic E-state index is 10.2. The van der Waals surface area contributed by atoms with Gasteiger partial charge < -0.3 is 9.66 Å². The monoisotopic (exact) mass is 438 g/mol. The molecular weight excluding hydrogens is 411 g/mol. The van der Waals surface area contributed by atoms with E-state index >= 15 is 0 Å². The van der Waals surface area contributed by atoms with Crippen molar-refractivity contribution in [3.63, 3.8) is 0 Å². The topological polar surface area (TPSA) is 94.5 Å². The summed E-state index contributed by atoms with van der Waals surface area (Å²) < 4.78 is 30.5. The van der Waals surface area contributed by atoms with Gasteiger partial charge in [0, 0.05) is 11.0 Å². The van der Waals surface area contributed by atoms with Gasteiger partial charge in [-0.15, -0.1) is 0 Å². The standard InChI is InChI=1S/C8H8O3S.C8H8.C7H12O2.Na/c9-12(10,11)7-6-8-4-2-1-3-5-8;1-2-8-6-4-3-5-7-8;1-3-4-5-6(2)7(8)9;/h1-7H,(H,9,10,11);2-7H,1H2;2-5H2,1H3,(H,8,9);/q;;;+1/p-1. The fourth-order valence-electron chi connectivity index (χ4n) is 1.81. The van der Waals surface area contributed by atoms with Crippen molar-refractivity contribution in [2.75, 3.05) is 0 Å². The summed E-state index contributed by atoms with van der Waals surface area (Å²) in [7, 11) is -4.25. The normalized spacial score (nSPS) is 9.80. The molecule has 5 nitrogen and oxygen atoms in total. The van der Waals surface area contributed by atoms with E-state index in [-0.39, 0.29) is 29.6 Å². The van der Waals surface area contributed by atoms with Gasteiger partial charge in [0.15, 0.2) is 0 Å². The number of carboxylic acids is 1. The van der Waals surface area contributed by atoms with Crippen molar-refractivity contribution in [3.8, 4) is 0 Å². The van der Waals surface area contributed by atoms with Crippen LogP contribution in [-0.4, -0.2) is 24.0 Å². The van der Waals surface area contributed by atoms with E-state index in [1.807, 2.05) is 49.4 Å². The third-order valence-electron chi connectivity index (χ3n) is 3.40. The summed E-state index contributed by atoms with van der Waals surface area (Å²) in [6.45, 7) is 9.05. The second-order valence-electron chi connectivity index (χ2n) is 5.83. The van der Waals surface area contributed by atoms with Gasteiger partial charge in [-0.2, -0.15) is 0 Å². The van der Waals surface area contributed by atoms with E-state index < -0.39 is 16.1 Å². The molecule has 0 fully saturated rings. The molecule has 0 aliphatic rings. The minimum atomic E-state index is -4.25. The molecular formula is C23H27NaO5S. The average molecular weight is 439 g/mol. The molecule has 0 aliphatic carbocycles. The summed E-state index contributed by atoms with van der Waals surface area (Å²) in [4.78, 5) is 10.1. The molecule has 7 heteroatoms. The largest absolute Gasteiger partial charge is 1.00 e. The number of hydrogen-bond donors (Lipinski definition) is 1. The van der Waals surface area contributed by atoms with Crippen LogP contribution in [0, 0.1) is 0 Å². The first kappa shape index (κ1) is 30.2. The molecule has 2 rings (SSSR count). The van der Waals surface area contributed by atoms with Crippen molar-refractivity contribution in [2.45, 2.75) is 26.2 Å². The van der Waals surface area contributed by atoms with Crippen molar-refractivity contribution in [1.82, 2.24) is 0 Å². The summed E-state index contributed by atoms with van der Waals surface area (Å²) in [6.07, 6.45) is 5.66. The van der Waals surface area contributed by atoms with E-state index in [2.05, 4.69) is 13.2 Å². The van der Waals surface area contributed by atoms with Gasteiger partial charge in [0.25, 0.3) is 0 Å². The summed E-state index contributed by atoms with van der Waals surface area (Å²) in [5.41, 5.74) is 2.18. The number of carbonyl (C=O) groups is 1. The Morgan fingerprint density at radius 3 is 1.83 bits per heavy atom. The van der Waals surface area contributed by atoms with Crippen LogP contribution >= 0.6 is 0 Å². The van der Waals surface area contributed by atoms with Crippen molar-refractivity contribution in [1.29, 1.82) is 0 Å². The number of unbranched alkanes of at least 4 members (excludes halogenated alkanes) is 1. The molecule has 30 heavy (non-hydrogen) atoms. The molecule has 0 bridgehead atoms. The van der Waals surface area contributed by atoms with Crippen LogP contribution in [0.3, 0.4) is 0 Å². The molecule has 0 spiro atoms. The average Bonchev–Trinajstić information content (AvgIpc) is 2.72. The summed E-state index contributed by atoms with van der Waals surface area (Å²) in [6, 6.07) is 18.8. The van der Waals surface area contributed by atoms with E-state index in [0.29, 0.717) is 23.0 Å². The fourth-order valence-corrected chi connectivity index (χ4v) is 2.14. The molecule has 0 aromatic heterocycles. The fraction of sp³-hybridized carbons (Fsp3) is 0.174. The number of rotatable bonds is 7. The minimum Gasteiger partial charge on any atom is -0.744 e. The van der Waals surface area contributed by atoms with Gasteiger partial charge in [-0.1, -0.05) is 93.2 Å². The molecule has 2 aromatic carbocycles. The Labute approximate surface area is 201 Å². The number of aliphatic carboxylic acids is 1. The first-order valence-corrected chi connectivity index (χ1v) is 10.4.